The van der Waals surface area contributed by atoms with Crippen LogP contribution in [0.1, 0.15) is 76.5 Å². The van der Waals surface area contributed by atoms with Gasteiger partial charge in [0.25, 0.3) is 0 Å². The Kier molecular flexibility index (Phi) is 11.4. The van der Waals surface area contributed by atoms with E-state index in [9.17, 15) is 0 Å². The van der Waals surface area contributed by atoms with Gasteiger partial charge in [-0.2, -0.15) is 0 Å². The van der Waals surface area contributed by atoms with Crippen molar-refractivity contribution < 1.29 is 9.47 Å². The second kappa shape index (κ2) is 14.1. The SMILES string of the molecule is CCCCCN(CCCCC)c1ccc(C(OCC)c2ccc(N(C)C)cc2)c(OC)c1. The van der Waals surface area contributed by atoms with E-state index in [1.807, 2.05) is 6.92 Å². The molecule has 4 nitrogen and oxygen atoms in total. The molecular weight excluding hydrogens is 396 g/mol. The smallest absolute Gasteiger partial charge is 0.127 e. The normalized spacial score (nSPS) is 11.9. The predicted molar refractivity (Wildman–Crippen MR) is 138 cm³/mol. The van der Waals surface area contributed by atoms with Crippen LogP contribution in [-0.4, -0.2) is 40.9 Å². The highest BCUT2D eigenvalue weighted by atomic mass is 16.5. The van der Waals surface area contributed by atoms with Crippen molar-refractivity contribution in [2.24, 2.45) is 0 Å². The van der Waals surface area contributed by atoms with E-state index in [2.05, 4.69) is 80.2 Å². The van der Waals surface area contributed by atoms with E-state index in [1.54, 1.807) is 7.11 Å². The molecule has 0 bridgehead atoms. The fourth-order valence-electron chi connectivity index (χ4n) is 4.07. The molecule has 0 saturated heterocycles. The maximum atomic E-state index is 6.21. The largest absolute Gasteiger partial charge is 0.496 e. The van der Waals surface area contributed by atoms with Crippen molar-refractivity contribution in [1.29, 1.82) is 0 Å². The topological polar surface area (TPSA) is 24.9 Å². The Hall–Kier alpha value is -2.20. The number of hydrogen-bond acceptors (Lipinski definition) is 4. The van der Waals surface area contributed by atoms with Crippen molar-refractivity contribution in [3.63, 3.8) is 0 Å². The van der Waals surface area contributed by atoms with Crippen LogP contribution in [0.25, 0.3) is 0 Å². The second-order valence-electron chi connectivity index (χ2n) is 8.65. The lowest BCUT2D eigenvalue weighted by molar-refractivity contribution is 0.0894. The molecule has 0 amide bonds. The maximum Gasteiger partial charge on any atom is 0.127 e. The molecule has 178 valence electrons. The molecule has 1 atom stereocenters. The molecule has 0 aromatic heterocycles. The minimum atomic E-state index is -0.145. The minimum Gasteiger partial charge on any atom is -0.496 e. The van der Waals surface area contributed by atoms with Crippen LogP contribution in [0.2, 0.25) is 0 Å². The predicted octanol–water partition coefficient (Wildman–Crippen LogP) is 7.07. The average molecular weight is 441 g/mol. The summed E-state index contributed by atoms with van der Waals surface area (Å²) in [7, 11) is 5.88. The summed E-state index contributed by atoms with van der Waals surface area (Å²) in [5.74, 6) is 0.897. The Morgan fingerprint density at radius 1 is 0.781 bits per heavy atom. The summed E-state index contributed by atoms with van der Waals surface area (Å²) in [6, 6.07) is 15.2. The van der Waals surface area contributed by atoms with Gasteiger partial charge in [-0.05, 0) is 43.5 Å². The van der Waals surface area contributed by atoms with Crippen molar-refractivity contribution in [2.45, 2.75) is 65.4 Å². The number of methoxy groups -OCH3 is 1. The van der Waals surface area contributed by atoms with Gasteiger partial charge in [0, 0.05) is 56.8 Å². The Bertz CT molecular complexity index is 764. The number of rotatable bonds is 15. The van der Waals surface area contributed by atoms with E-state index in [-0.39, 0.29) is 6.10 Å². The van der Waals surface area contributed by atoms with Crippen LogP contribution in [0.4, 0.5) is 11.4 Å². The molecule has 0 radical (unpaired) electrons. The van der Waals surface area contributed by atoms with Gasteiger partial charge in [0.1, 0.15) is 11.9 Å². The molecule has 4 heteroatoms. The molecule has 0 N–H and O–H groups in total. The molecule has 0 spiro atoms. The highest BCUT2D eigenvalue weighted by Gasteiger charge is 2.20. The van der Waals surface area contributed by atoms with Gasteiger partial charge in [0.15, 0.2) is 0 Å². The summed E-state index contributed by atoms with van der Waals surface area (Å²) >= 11 is 0. The zero-order chi connectivity index (χ0) is 23.3. The lowest BCUT2D eigenvalue weighted by Gasteiger charge is -2.27. The van der Waals surface area contributed by atoms with Crippen LogP contribution in [0.15, 0.2) is 42.5 Å². The van der Waals surface area contributed by atoms with Gasteiger partial charge in [-0.15, -0.1) is 0 Å². The molecule has 32 heavy (non-hydrogen) atoms. The number of anilines is 2. The van der Waals surface area contributed by atoms with Crippen LogP contribution in [-0.2, 0) is 4.74 Å². The van der Waals surface area contributed by atoms with E-state index in [0.29, 0.717) is 6.61 Å². The first-order chi connectivity index (χ1) is 15.5. The zero-order valence-corrected chi connectivity index (χ0v) is 21.2. The molecule has 0 aliphatic carbocycles. The summed E-state index contributed by atoms with van der Waals surface area (Å²) in [6.07, 6.45) is 7.35. The number of unbranched alkanes of at least 4 members (excludes halogenated alkanes) is 4. The number of ether oxygens (including phenoxy) is 2. The molecule has 0 aliphatic heterocycles. The van der Waals surface area contributed by atoms with E-state index in [1.165, 1.54) is 49.9 Å². The highest BCUT2D eigenvalue weighted by Crippen LogP contribution is 2.36. The summed E-state index contributed by atoms with van der Waals surface area (Å²) < 4.78 is 12.1. The Balaban J connectivity index is 2.33. The molecular formula is C28H44N2O2. The Morgan fingerprint density at radius 2 is 1.38 bits per heavy atom. The van der Waals surface area contributed by atoms with Crippen molar-refractivity contribution in [3.8, 4) is 5.75 Å². The first kappa shape index (κ1) is 26.1. The molecule has 2 rings (SSSR count). The van der Waals surface area contributed by atoms with Crippen LogP contribution in [0, 0.1) is 0 Å². The van der Waals surface area contributed by atoms with E-state index >= 15 is 0 Å². The maximum absolute atomic E-state index is 6.21. The highest BCUT2D eigenvalue weighted by molar-refractivity contribution is 5.56. The molecule has 0 saturated carbocycles. The fraction of sp³-hybridized carbons (Fsp3) is 0.571. The van der Waals surface area contributed by atoms with Crippen molar-refractivity contribution >= 4 is 11.4 Å². The summed E-state index contributed by atoms with van der Waals surface area (Å²) in [5, 5.41) is 0. The lowest BCUT2D eigenvalue weighted by atomic mass is 9.99. The summed E-state index contributed by atoms with van der Waals surface area (Å²) in [4.78, 5) is 4.64. The first-order valence-electron chi connectivity index (χ1n) is 12.4. The lowest BCUT2D eigenvalue weighted by Crippen LogP contribution is -2.26. The molecule has 0 aliphatic rings. The Labute approximate surface area is 196 Å². The quantitative estimate of drug-likeness (QED) is 0.276. The third kappa shape index (κ3) is 7.44. The van der Waals surface area contributed by atoms with Gasteiger partial charge in [0.2, 0.25) is 0 Å². The number of benzene rings is 2. The Morgan fingerprint density at radius 3 is 1.88 bits per heavy atom. The van der Waals surface area contributed by atoms with Crippen LogP contribution in [0.3, 0.4) is 0 Å². The van der Waals surface area contributed by atoms with Crippen molar-refractivity contribution in [1.82, 2.24) is 0 Å². The standard InChI is InChI=1S/C28H44N2O2/c1-7-10-12-20-30(21-13-11-8-2)25-18-19-26(27(22-25)31-6)28(32-9-3)23-14-16-24(17-15-23)29(4)5/h14-19,22,28H,7-13,20-21H2,1-6H3. The number of nitrogens with zero attached hydrogens (tertiary/aromatic N) is 2. The van der Waals surface area contributed by atoms with Gasteiger partial charge in [-0.1, -0.05) is 57.7 Å². The first-order valence-corrected chi connectivity index (χ1v) is 12.4. The van der Waals surface area contributed by atoms with Crippen LogP contribution in [0.5, 0.6) is 5.75 Å². The van der Waals surface area contributed by atoms with E-state index < -0.39 is 0 Å². The zero-order valence-electron chi connectivity index (χ0n) is 21.2. The van der Waals surface area contributed by atoms with Gasteiger partial charge < -0.3 is 19.3 Å². The summed E-state index contributed by atoms with van der Waals surface area (Å²) in [6.45, 7) is 9.41. The van der Waals surface area contributed by atoms with Gasteiger partial charge in [-0.25, -0.2) is 0 Å². The van der Waals surface area contributed by atoms with Crippen LogP contribution >= 0.6 is 0 Å². The molecule has 0 heterocycles. The van der Waals surface area contributed by atoms with Crippen molar-refractivity contribution in [2.75, 3.05) is 50.7 Å². The molecule has 1 unspecified atom stereocenters. The monoisotopic (exact) mass is 440 g/mol. The third-order valence-corrected chi connectivity index (χ3v) is 5.97. The molecule has 0 fully saturated rings. The minimum absolute atomic E-state index is 0.145. The fourth-order valence-corrected chi connectivity index (χ4v) is 4.07. The van der Waals surface area contributed by atoms with Gasteiger partial charge in [-0.3, -0.25) is 0 Å². The molecule has 2 aromatic rings. The summed E-state index contributed by atoms with van der Waals surface area (Å²) in [5.41, 5.74) is 4.65. The van der Waals surface area contributed by atoms with Gasteiger partial charge in [0.05, 0.1) is 7.11 Å². The average Bonchev–Trinajstić information content (AvgIpc) is 2.81. The van der Waals surface area contributed by atoms with E-state index in [0.717, 1.165) is 30.0 Å². The van der Waals surface area contributed by atoms with E-state index in [4.69, 9.17) is 9.47 Å². The van der Waals surface area contributed by atoms with Crippen LogP contribution < -0.4 is 14.5 Å². The second-order valence-corrected chi connectivity index (χ2v) is 8.65. The van der Waals surface area contributed by atoms with Gasteiger partial charge >= 0.3 is 0 Å². The van der Waals surface area contributed by atoms with Crippen molar-refractivity contribution in [3.05, 3.63) is 53.6 Å². The molecule has 2 aromatic carbocycles. The third-order valence-electron chi connectivity index (χ3n) is 5.97. The number of hydrogen-bond donors (Lipinski definition) is 0.